The molecule has 1 aromatic carbocycles. The smallest absolute Gasteiger partial charge is 0.211 e. The summed E-state index contributed by atoms with van der Waals surface area (Å²) in [7, 11) is -1.22. The molecule has 4 nitrogen and oxygen atoms in total. The third-order valence-electron chi connectivity index (χ3n) is 2.16. The average molecular weight is 234 g/mol. The molecule has 0 saturated heterocycles. The molecule has 0 aliphatic carbocycles. The first-order valence-corrected chi connectivity index (χ1v) is 8.62. The van der Waals surface area contributed by atoms with Crippen molar-refractivity contribution in [3.63, 3.8) is 0 Å². The molecule has 0 spiro atoms. The Morgan fingerprint density at radius 2 is 1.69 bits per heavy atom. The molecule has 0 radical (unpaired) electrons. The first kappa shape index (κ1) is 12.4. The van der Waals surface area contributed by atoms with Gasteiger partial charge in [0, 0.05) is 0 Å². The first-order valence-electron chi connectivity index (χ1n) is 5.12. The van der Waals surface area contributed by atoms with Gasteiger partial charge >= 0.3 is 0 Å². The minimum Gasteiger partial charge on any atom is -0.369 e. The van der Waals surface area contributed by atoms with Crippen molar-refractivity contribution in [1.29, 1.82) is 0 Å². The molecule has 0 aliphatic heterocycles. The van der Waals surface area contributed by atoms with Crippen molar-refractivity contribution in [2.45, 2.75) is 19.6 Å². The second-order valence-electron chi connectivity index (χ2n) is 4.64. The summed E-state index contributed by atoms with van der Waals surface area (Å²) in [6.45, 7) is 6.94. The second kappa shape index (κ2) is 4.94. The molecule has 5 heteroatoms. The molecule has 1 rings (SSSR count). The zero-order valence-electron chi connectivity index (χ0n) is 9.94. The SMILES string of the molecule is C[Si](C)(C)c1ccc(C=NN=C(N)N)cc1. The summed E-state index contributed by atoms with van der Waals surface area (Å²) >= 11 is 0. The normalized spacial score (nSPS) is 11.7. The van der Waals surface area contributed by atoms with Crippen LogP contribution < -0.4 is 16.7 Å². The highest BCUT2D eigenvalue weighted by atomic mass is 28.3. The van der Waals surface area contributed by atoms with Crippen molar-refractivity contribution in [3.05, 3.63) is 29.8 Å². The number of guanidine groups is 1. The monoisotopic (exact) mass is 234 g/mol. The largest absolute Gasteiger partial charge is 0.369 e. The summed E-state index contributed by atoms with van der Waals surface area (Å²) in [5, 5.41) is 8.72. The second-order valence-corrected chi connectivity index (χ2v) is 9.72. The van der Waals surface area contributed by atoms with E-state index in [4.69, 9.17) is 11.5 Å². The van der Waals surface area contributed by atoms with Crippen LogP contribution in [0, 0.1) is 0 Å². The molecule has 0 unspecified atom stereocenters. The minimum absolute atomic E-state index is 0.0324. The predicted octanol–water partition coefficient (Wildman–Crippen LogP) is 0.839. The number of benzene rings is 1. The predicted molar refractivity (Wildman–Crippen MR) is 72.8 cm³/mol. The molecule has 0 saturated carbocycles. The van der Waals surface area contributed by atoms with Crippen LogP contribution >= 0.6 is 0 Å². The Hall–Kier alpha value is -1.62. The fourth-order valence-corrected chi connectivity index (χ4v) is 2.40. The summed E-state index contributed by atoms with van der Waals surface area (Å²) in [4.78, 5) is 0. The Bertz CT molecular complexity index is 397. The summed E-state index contributed by atoms with van der Waals surface area (Å²) in [5.74, 6) is -0.0324. The van der Waals surface area contributed by atoms with E-state index in [0.717, 1.165) is 5.56 Å². The van der Waals surface area contributed by atoms with Crippen molar-refractivity contribution < 1.29 is 0 Å². The molecule has 0 fully saturated rings. The number of nitrogens with two attached hydrogens (primary N) is 2. The van der Waals surface area contributed by atoms with Crippen molar-refractivity contribution >= 4 is 25.4 Å². The summed E-state index contributed by atoms with van der Waals surface area (Å²) < 4.78 is 0. The highest BCUT2D eigenvalue weighted by Crippen LogP contribution is 2.03. The van der Waals surface area contributed by atoms with E-state index in [9.17, 15) is 0 Å². The van der Waals surface area contributed by atoms with Gasteiger partial charge in [0.25, 0.3) is 0 Å². The molecular formula is C11H18N4Si. The fourth-order valence-electron chi connectivity index (χ4n) is 1.23. The van der Waals surface area contributed by atoms with Gasteiger partial charge in [0.05, 0.1) is 14.3 Å². The maximum absolute atomic E-state index is 5.16. The van der Waals surface area contributed by atoms with Crippen molar-refractivity contribution in [1.82, 2.24) is 0 Å². The maximum atomic E-state index is 5.16. The lowest BCUT2D eigenvalue weighted by Crippen LogP contribution is -2.37. The van der Waals surface area contributed by atoms with Crippen LogP contribution in [-0.2, 0) is 0 Å². The van der Waals surface area contributed by atoms with Crippen LogP contribution in [0.3, 0.4) is 0 Å². The molecule has 0 atom stereocenters. The molecular weight excluding hydrogens is 216 g/mol. The number of hydrogen-bond acceptors (Lipinski definition) is 2. The van der Waals surface area contributed by atoms with Crippen LogP contribution in [0.2, 0.25) is 19.6 Å². The van der Waals surface area contributed by atoms with Crippen LogP contribution in [0.15, 0.2) is 34.5 Å². The van der Waals surface area contributed by atoms with Gasteiger partial charge in [0.1, 0.15) is 0 Å². The van der Waals surface area contributed by atoms with Crippen LogP contribution in [0.4, 0.5) is 0 Å². The minimum atomic E-state index is -1.22. The van der Waals surface area contributed by atoms with E-state index in [2.05, 4.69) is 42.0 Å². The third-order valence-corrected chi connectivity index (χ3v) is 4.22. The van der Waals surface area contributed by atoms with E-state index >= 15 is 0 Å². The lowest BCUT2D eigenvalue weighted by Gasteiger charge is -2.16. The molecule has 0 aliphatic rings. The van der Waals surface area contributed by atoms with Gasteiger partial charge in [-0.1, -0.05) is 49.1 Å². The molecule has 1 aromatic rings. The zero-order chi connectivity index (χ0) is 12.2. The molecule has 0 heterocycles. The van der Waals surface area contributed by atoms with Gasteiger partial charge in [-0.15, -0.1) is 5.10 Å². The van der Waals surface area contributed by atoms with E-state index in [-0.39, 0.29) is 5.96 Å². The highest BCUT2D eigenvalue weighted by molar-refractivity contribution is 6.88. The van der Waals surface area contributed by atoms with Crippen LogP contribution in [-0.4, -0.2) is 20.2 Å². The molecule has 16 heavy (non-hydrogen) atoms. The number of nitrogens with zero attached hydrogens (tertiary/aromatic N) is 2. The van der Waals surface area contributed by atoms with Gasteiger partial charge in [0.15, 0.2) is 0 Å². The van der Waals surface area contributed by atoms with Crippen LogP contribution in [0.1, 0.15) is 5.56 Å². The summed E-state index contributed by atoms with van der Waals surface area (Å²) in [5.41, 5.74) is 11.3. The highest BCUT2D eigenvalue weighted by Gasteiger charge is 2.15. The standard InChI is InChI=1S/C11H18N4Si/c1-16(2,3)10-6-4-9(5-7-10)8-14-15-11(12)13/h4-8H,1-3H3,(H4,12,13,15). The van der Waals surface area contributed by atoms with Crippen molar-refractivity contribution in [3.8, 4) is 0 Å². The lowest BCUT2D eigenvalue weighted by atomic mass is 10.2. The van der Waals surface area contributed by atoms with Crippen molar-refractivity contribution in [2.75, 3.05) is 0 Å². The van der Waals surface area contributed by atoms with Gasteiger partial charge in [-0.3, -0.25) is 0 Å². The van der Waals surface area contributed by atoms with Gasteiger partial charge < -0.3 is 11.5 Å². The zero-order valence-corrected chi connectivity index (χ0v) is 10.9. The van der Waals surface area contributed by atoms with Crippen LogP contribution in [0.25, 0.3) is 0 Å². The Labute approximate surface area is 97.1 Å². The third kappa shape index (κ3) is 3.86. The Morgan fingerprint density at radius 1 is 1.12 bits per heavy atom. The molecule has 0 aromatic heterocycles. The van der Waals surface area contributed by atoms with E-state index in [0.29, 0.717) is 0 Å². The van der Waals surface area contributed by atoms with Gasteiger partial charge in [-0.25, -0.2) is 0 Å². The molecule has 86 valence electrons. The molecule has 4 N–H and O–H groups in total. The Balaban J connectivity index is 2.80. The average Bonchev–Trinajstić information content (AvgIpc) is 2.16. The lowest BCUT2D eigenvalue weighted by molar-refractivity contribution is 1.21. The van der Waals surface area contributed by atoms with Gasteiger partial charge in [-0.2, -0.15) is 5.10 Å². The van der Waals surface area contributed by atoms with Crippen molar-refractivity contribution in [2.24, 2.45) is 21.7 Å². The van der Waals surface area contributed by atoms with E-state index in [1.54, 1.807) is 6.21 Å². The number of rotatable bonds is 3. The van der Waals surface area contributed by atoms with E-state index in [1.807, 2.05) is 12.1 Å². The molecule has 0 amide bonds. The van der Waals surface area contributed by atoms with Gasteiger partial charge in [0.2, 0.25) is 5.96 Å². The van der Waals surface area contributed by atoms with Gasteiger partial charge in [-0.05, 0) is 5.56 Å². The number of hydrogen-bond donors (Lipinski definition) is 2. The van der Waals surface area contributed by atoms with E-state index < -0.39 is 8.07 Å². The molecule has 0 bridgehead atoms. The quantitative estimate of drug-likeness (QED) is 0.352. The first-order chi connectivity index (χ1) is 7.39. The van der Waals surface area contributed by atoms with Crippen LogP contribution in [0.5, 0.6) is 0 Å². The topological polar surface area (TPSA) is 76.8 Å². The Morgan fingerprint density at radius 3 is 2.12 bits per heavy atom. The fraction of sp³-hybridized carbons (Fsp3) is 0.273. The Kier molecular flexibility index (Phi) is 3.84. The summed E-state index contributed by atoms with van der Waals surface area (Å²) in [6.07, 6.45) is 1.63. The summed E-state index contributed by atoms with van der Waals surface area (Å²) in [6, 6.07) is 8.34. The maximum Gasteiger partial charge on any atom is 0.211 e. The van der Waals surface area contributed by atoms with E-state index in [1.165, 1.54) is 5.19 Å².